The SMILES string of the molecule is CC(C)CCNc1ccnc(NCc2ccc(F)cc2)n1. The van der Waals surface area contributed by atoms with Gasteiger partial charge in [0.15, 0.2) is 0 Å². The van der Waals surface area contributed by atoms with E-state index in [0.717, 1.165) is 24.3 Å². The van der Waals surface area contributed by atoms with Crippen molar-refractivity contribution in [2.24, 2.45) is 5.92 Å². The van der Waals surface area contributed by atoms with Gasteiger partial charge in [0.25, 0.3) is 0 Å². The third-order valence-corrected chi connectivity index (χ3v) is 3.05. The van der Waals surface area contributed by atoms with E-state index in [0.29, 0.717) is 18.4 Å². The molecular weight excluding hydrogens is 267 g/mol. The minimum absolute atomic E-state index is 0.230. The van der Waals surface area contributed by atoms with Crippen LogP contribution in [0.3, 0.4) is 0 Å². The Balaban J connectivity index is 1.87. The molecule has 112 valence electrons. The zero-order chi connectivity index (χ0) is 15.1. The van der Waals surface area contributed by atoms with Gasteiger partial charge in [-0.15, -0.1) is 0 Å². The fraction of sp³-hybridized carbons (Fsp3) is 0.375. The zero-order valence-electron chi connectivity index (χ0n) is 12.4. The Kier molecular flexibility index (Phi) is 5.49. The fourth-order valence-corrected chi connectivity index (χ4v) is 1.81. The molecule has 2 N–H and O–H groups in total. The van der Waals surface area contributed by atoms with E-state index in [-0.39, 0.29) is 5.82 Å². The summed E-state index contributed by atoms with van der Waals surface area (Å²) in [6.07, 6.45) is 2.82. The number of rotatable bonds is 7. The van der Waals surface area contributed by atoms with Crippen LogP contribution >= 0.6 is 0 Å². The van der Waals surface area contributed by atoms with Crippen molar-refractivity contribution >= 4 is 11.8 Å². The molecule has 0 aliphatic heterocycles. The van der Waals surface area contributed by atoms with E-state index in [4.69, 9.17) is 0 Å². The van der Waals surface area contributed by atoms with E-state index in [1.807, 2.05) is 6.07 Å². The molecule has 1 heterocycles. The monoisotopic (exact) mass is 288 g/mol. The van der Waals surface area contributed by atoms with Crippen molar-refractivity contribution in [3.05, 3.63) is 47.9 Å². The molecule has 21 heavy (non-hydrogen) atoms. The third-order valence-electron chi connectivity index (χ3n) is 3.05. The average Bonchev–Trinajstić information content (AvgIpc) is 2.47. The van der Waals surface area contributed by atoms with Crippen LogP contribution in [0.2, 0.25) is 0 Å². The zero-order valence-corrected chi connectivity index (χ0v) is 12.4. The van der Waals surface area contributed by atoms with Crippen LogP contribution in [0.15, 0.2) is 36.5 Å². The molecule has 0 atom stereocenters. The van der Waals surface area contributed by atoms with Crippen LogP contribution in [-0.2, 0) is 6.54 Å². The quantitative estimate of drug-likeness (QED) is 0.816. The smallest absolute Gasteiger partial charge is 0.224 e. The summed E-state index contributed by atoms with van der Waals surface area (Å²) >= 11 is 0. The van der Waals surface area contributed by atoms with Crippen molar-refractivity contribution in [3.8, 4) is 0 Å². The first-order valence-corrected chi connectivity index (χ1v) is 7.18. The van der Waals surface area contributed by atoms with Crippen LogP contribution < -0.4 is 10.6 Å². The summed E-state index contributed by atoms with van der Waals surface area (Å²) in [4.78, 5) is 8.57. The highest BCUT2D eigenvalue weighted by Crippen LogP contribution is 2.09. The van der Waals surface area contributed by atoms with Crippen LogP contribution in [0.4, 0.5) is 16.2 Å². The van der Waals surface area contributed by atoms with E-state index in [2.05, 4.69) is 34.4 Å². The maximum Gasteiger partial charge on any atom is 0.224 e. The minimum atomic E-state index is -0.230. The summed E-state index contributed by atoms with van der Waals surface area (Å²) in [5, 5.41) is 6.42. The molecule has 0 aliphatic carbocycles. The van der Waals surface area contributed by atoms with Gasteiger partial charge in [-0.05, 0) is 36.1 Å². The van der Waals surface area contributed by atoms with Crippen LogP contribution in [0.5, 0.6) is 0 Å². The van der Waals surface area contributed by atoms with Gasteiger partial charge in [-0.2, -0.15) is 4.98 Å². The standard InChI is InChI=1S/C16H21FN4/c1-12(2)7-9-18-15-8-10-19-16(21-15)20-11-13-3-5-14(17)6-4-13/h3-6,8,10,12H,7,9,11H2,1-2H3,(H2,18,19,20,21). The molecule has 4 nitrogen and oxygen atoms in total. The van der Waals surface area contributed by atoms with Crippen molar-refractivity contribution < 1.29 is 4.39 Å². The van der Waals surface area contributed by atoms with Gasteiger partial charge in [0.2, 0.25) is 5.95 Å². The first-order chi connectivity index (χ1) is 10.1. The molecule has 0 spiro atoms. The number of anilines is 2. The molecular formula is C16H21FN4. The summed E-state index contributed by atoms with van der Waals surface area (Å²) in [7, 11) is 0. The predicted octanol–water partition coefficient (Wildman–Crippen LogP) is 3.69. The van der Waals surface area contributed by atoms with E-state index in [1.54, 1.807) is 18.3 Å². The van der Waals surface area contributed by atoms with Gasteiger partial charge in [-0.25, -0.2) is 9.37 Å². The van der Waals surface area contributed by atoms with Crippen LogP contribution in [0, 0.1) is 11.7 Å². The lowest BCUT2D eigenvalue weighted by atomic mass is 10.1. The number of benzene rings is 1. The molecule has 0 bridgehead atoms. The van der Waals surface area contributed by atoms with Gasteiger partial charge in [0.05, 0.1) is 0 Å². The second kappa shape index (κ2) is 7.57. The van der Waals surface area contributed by atoms with E-state index >= 15 is 0 Å². The molecule has 0 saturated heterocycles. The first kappa shape index (κ1) is 15.2. The molecule has 0 amide bonds. The van der Waals surface area contributed by atoms with Crippen LogP contribution in [-0.4, -0.2) is 16.5 Å². The number of nitrogens with one attached hydrogen (secondary N) is 2. The van der Waals surface area contributed by atoms with Crippen molar-refractivity contribution in [2.45, 2.75) is 26.8 Å². The van der Waals surface area contributed by atoms with Gasteiger partial charge >= 0.3 is 0 Å². The highest BCUT2D eigenvalue weighted by molar-refractivity contribution is 5.39. The number of halogens is 1. The molecule has 0 fully saturated rings. The summed E-state index contributed by atoms with van der Waals surface area (Å²) in [6, 6.07) is 8.23. The highest BCUT2D eigenvalue weighted by atomic mass is 19.1. The Morgan fingerprint density at radius 2 is 1.86 bits per heavy atom. The predicted molar refractivity (Wildman–Crippen MR) is 83.7 cm³/mol. The van der Waals surface area contributed by atoms with E-state index < -0.39 is 0 Å². The maximum atomic E-state index is 12.8. The van der Waals surface area contributed by atoms with Gasteiger partial charge in [-0.1, -0.05) is 26.0 Å². The second-order valence-corrected chi connectivity index (χ2v) is 5.35. The van der Waals surface area contributed by atoms with Crippen molar-refractivity contribution in [1.29, 1.82) is 0 Å². The largest absolute Gasteiger partial charge is 0.370 e. The number of aromatic nitrogens is 2. The Hall–Kier alpha value is -2.17. The van der Waals surface area contributed by atoms with E-state index in [1.165, 1.54) is 12.1 Å². The number of nitrogens with zero attached hydrogens (tertiary/aromatic N) is 2. The van der Waals surface area contributed by atoms with Crippen LogP contribution in [0.25, 0.3) is 0 Å². The van der Waals surface area contributed by atoms with Gasteiger partial charge in [0.1, 0.15) is 11.6 Å². The normalized spacial score (nSPS) is 10.7. The Morgan fingerprint density at radius 1 is 1.10 bits per heavy atom. The van der Waals surface area contributed by atoms with Crippen molar-refractivity contribution in [3.63, 3.8) is 0 Å². The third kappa shape index (κ3) is 5.38. The molecule has 0 saturated carbocycles. The van der Waals surface area contributed by atoms with Gasteiger partial charge in [-0.3, -0.25) is 0 Å². The number of hydrogen-bond donors (Lipinski definition) is 2. The van der Waals surface area contributed by atoms with Gasteiger partial charge < -0.3 is 10.6 Å². The maximum absolute atomic E-state index is 12.8. The lowest BCUT2D eigenvalue weighted by Gasteiger charge is -2.09. The molecule has 0 radical (unpaired) electrons. The van der Waals surface area contributed by atoms with E-state index in [9.17, 15) is 4.39 Å². The first-order valence-electron chi connectivity index (χ1n) is 7.18. The lowest BCUT2D eigenvalue weighted by Crippen LogP contribution is -2.09. The number of hydrogen-bond acceptors (Lipinski definition) is 4. The topological polar surface area (TPSA) is 49.8 Å². The fourth-order valence-electron chi connectivity index (χ4n) is 1.81. The molecule has 1 aromatic carbocycles. The summed E-state index contributed by atoms with van der Waals surface area (Å²) < 4.78 is 12.8. The summed E-state index contributed by atoms with van der Waals surface area (Å²) in [5.41, 5.74) is 0.984. The second-order valence-electron chi connectivity index (χ2n) is 5.35. The molecule has 0 unspecified atom stereocenters. The van der Waals surface area contributed by atoms with Crippen molar-refractivity contribution in [2.75, 3.05) is 17.2 Å². The molecule has 0 aliphatic rings. The van der Waals surface area contributed by atoms with Crippen LogP contribution in [0.1, 0.15) is 25.8 Å². The minimum Gasteiger partial charge on any atom is -0.370 e. The van der Waals surface area contributed by atoms with Gasteiger partial charge in [0, 0.05) is 19.3 Å². The molecule has 5 heteroatoms. The lowest BCUT2D eigenvalue weighted by molar-refractivity contribution is 0.606. The Morgan fingerprint density at radius 3 is 2.57 bits per heavy atom. The molecule has 2 rings (SSSR count). The summed E-state index contributed by atoms with van der Waals surface area (Å²) in [6.45, 7) is 5.84. The Bertz CT molecular complexity index is 554. The summed E-state index contributed by atoms with van der Waals surface area (Å²) in [5.74, 6) is 1.81. The Labute approximate surface area is 124 Å². The molecule has 1 aromatic heterocycles. The van der Waals surface area contributed by atoms with Crippen molar-refractivity contribution in [1.82, 2.24) is 9.97 Å². The highest BCUT2D eigenvalue weighted by Gasteiger charge is 2.00. The average molecular weight is 288 g/mol. The molecule has 2 aromatic rings.